The molecule has 1 aromatic carbocycles. The quantitative estimate of drug-likeness (QED) is 0.555. The SMILES string of the molecule is COC[C@H](C)NC(=O)c1nc[nH]c1C(=O)NC1CCC2(CC1)CCN(c1cccc(Cl)c1)C2=O. The second-order valence-electron chi connectivity index (χ2n) is 9.17. The Kier molecular flexibility index (Phi) is 7.23. The summed E-state index contributed by atoms with van der Waals surface area (Å²) in [4.78, 5) is 47.3. The van der Waals surface area contributed by atoms with Gasteiger partial charge in [0.15, 0.2) is 5.69 Å². The van der Waals surface area contributed by atoms with E-state index in [1.54, 1.807) is 13.2 Å². The number of ether oxygens (including phenoxy) is 1. The monoisotopic (exact) mass is 487 g/mol. The van der Waals surface area contributed by atoms with E-state index in [2.05, 4.69) is 20.6 Å². The van der Waals surface area contributed by atoms with Gasteiger partial charge in [0.1, 0.15) is 5.69 Å². The molecule has 1 saturated heterocycles. The summed E-state index contributed by atoms with van der Waals surface area (Å²) in [5.41, 5.74) is 0.622. The predicted octanol–water partition coefficient (Wildman–Crippen LogP) is 2.92. The molecule has 2 aromatic rings. The molecule has 2 aliphatic rings. The van der Waals surface area contributed by atoms with E-state index in [1.807, 2.05) is 30.0 Å². The van der Waals surface area contributed by atoms with E-state index in [-0.39, 0.29) is 40.7 Å². The molecule has 0 unspecified atom stereocenters. The molecule has 2 heterocycles. The minimum atomic E-state index is -0.434. The number of halogens is 1. The summed E-state index contributed by atoms with van der Waals surface area (Å²) in [6.45, 7) is 2.84. The summed E-state index contributed by atoms with van der Waals surface area (Å²) in [6.07, 6.45) is 4.94. The van der Waals surface area contributed by atoms with Gasteiger partial charge in [-0.25, -0.2) is 4.98 Å². The zero-order valence-corrected chi connectivity index (χ0v) is 20.2. The van der Waals surface area contributed by atoms with E-state index < -0.39 is 5.91 Å². The number of anilines is 1. The van der Waals surface area contributed by atoms with E-state index in [9.17, 15) is 14.4 Å². The van der Waals surface area contributed by atoms with Crippen molar-refractivity contribution in [3.8, 4) is 0 Å². The number of nitrogens with one attached hydrogen (secondary N) is 3. The molecule has 1 aliphatic carbocycles. The number of aromatic amines is 1. The van der Waals surface area contributed by atoms with Crippen LogP contribution in [0.1, 0.15) is 60.0 Å². The van der Waals surface area contributed by atoms with Gasteiger partial charge < -0.3 is 25.3 Å². The number of carbonyl (C=O) groups is 3. The standard InChI is InChI=1S/C24H30ClN5O4/c1-15(13-34-2)28-21(31)19-20(27-14-26-19)22(32)29-17-6-8-24(9-7-17)10-11-30(23(24)33)18-5-3-4-16(25)12-18/h3-5,12,14-15,17H,6-11,13H2,1-2H3,(H,26,27)(H,28,31)(H,29,32)/t15-,17?,24?/m0/s1. The highest BCUT2D eigenvalue weighted by atomic mass is 35.5. The van der Waals surface area contributed by atoms with Gasteiger partial charge in [-0.2, -0.15) is 0 Å². The molecule has 1 saturated carbocycles. The lowest BCUT2D eigenvalue weighted by atomic mass is 9.71. The maximum atomic E-state index is 13.3. The first-order chi connectivity index (χ1) is 16.3. The highest BCUT2D eigenvalue weighted by molar-refractivity contribution is 6.31. The lowest BCUT2D eigenvalue weighted by molar-refractivity contribution is -0.127. The largest absolute Gasteiger partial charge is 0.383 e. The van der Waals surface area contributed by atoms with Crippen molar-refractivity contribution in [2.45, 2.75) is 51.1 Å². The van der Waals surface area contributed by atoms with Crippen molar-refractivity contribution in [3.05, 3.63) is 47.0 Å². The molecule has 3 amide bonds. The van der Waals surface area contributed by atoms with Crippen molar-refractivity contribution < 1.29 is 19.1 Å². The second-order valence-corrected chi connectivity index (χ2v) is 9.61. The summed E-state index contributed by atoms with van der Waals surface area (Å²) >= 11 is 6.11. The van der Waals surface area contributed by atoms with Gasteiger partial charge in [-0.15, -0.1) is 0 Å². The van der Waals surface area contributed by atoms with E-state index >= 15 is 0 Å². The molecule has 0 bridgehead atoms. The minimum Gasteiger partial charge on any atom is -0.383 e. The molecule has 2 fully saturated rings. The van der Waals surface area contributed by atoms with Crippen LogP contribution in [-0.4, -0.2) is 60.0 Å². The van der Waals surface area contributed by atoms with E-state index in [1.165, 1.54) is 6.33 Å². The van der Waals surface area contributed by atoms with Gasteiger partial charge in [0.05, 0.1) is 18.3 Å². The summed E-state index contributed by atoms with van der Waals surface area (Å²) in [5.74, 6) is -0.672. The van der Waals surface area contributed by atoms with Crippen molar-refractivity contribution in [1.29, 1.82) is 0 Å². The summed E-state index contributed by atoms with van der Waals surface area (Å²) in [5, 5.41) is 6.38. The van der Waals surface area contributed by atoms with Crippen molar-refractivity contribution >= 4 is 35.0 Å². The van der Waals surface area contributed by atoms with E-state index in [0.717, 1.165) is 12.1 Å². The molecule has 3 N–H and O–H groups in total. The number of methoxy groups -OCH3 is 1. The molecular weight excluding hydrogens is 458 g/mol. The maximum Gasteiger partial charge on any atom is 0.272 e. The molecule has 4 rings (SSSR count). The maximum absolute atomic E-state index is 13.3. The number of aromatic nitrogens is 2. The van der Waals surface area contributed by atoms with Crippen LogP contribution in [0.2, 0.25) is 5.02 Å². The Bertz CT molecular complexity index is 1060. The lowest BCUT2D eigenvalue weighted by Crippen LogP contribution is -2.44. The van der Waals surface area contributed by atoms with Crippen LogP contribution in [0.4, 0.5) is 5.69 Å². The first-order valence-electron chi connectivity index (χ1n) is 11.5. The number of H-pyrrole nitrogens is 1. The van der Waals surface area contributed by atoms with Crippen LogP contribution in [-0.2, 0) is 9.53 Å². The third kappa shape index (κ3) is 4.95. The molecule has 1 atom stereocenters. The highest BCUT2D eigenvalue weighted by Crippen LogP contribution is 2.46. The van der Waals surface area contributed by atoms with Gasteiger partial charge in [-0.05, 0) is 57.2 Å². The third-order valence-corrected chi connectivity index (χ3v) is 7.02. The van der Waals surface area contributed by atoms with Crippen LogP contribution >= 0.6 is 11.6 Å². The lowest BCUT2D eigenvalue weighted by Gasteiger charge is -2.36. The Balaban J connectivity index is 1.34. The Labute approximate surface area is 203 Å². The molecule has 34 heavy (non-hydrogen) atoms. The minimum absolute atomic E-state index is 0.0517. The van der Waals surface area contributed by atoms with Gasteiger partial charge in [0.2, 0.25) is 5.91 Å². The average molecular weight is 488 g/mol. The Morgan fingerprint density at radius 2 is 2.06 bits per heavy atom. The van der Waals surface area contributed by atoms with Gasteiger partial charge in [-0.3, -0.25) is 14.4 Å². The zero-order chi connectivity index (χ0) is 24.3. The third-order valence-electron chi connectivity index (χ3n) is 6.79. The predicted molar refractivity (Wildman–Crippen MR) is 128 cm³/mol. The Morgan fingerprint density at radius 1 is 1.29 bits per heavy atom. The second kappa shape index (κ2) is 10.1. The van der Waals surface area contributed by atoms with Crippen molar-refractivity contribution in [3.63, 3.8) is 0 Å². The van der Waals surface area contributed by atoms with Crippen molar-refractivity contribution in [1.82, 2.24) is 20.6 Å². The number of hydrogen-bond acceptors (Lipinski definition) is 5. The molecule has 182 valence electrons. The van der Waals surface area contributed by atoms with Crippen LogP contribution in [0.25, 0.3) is 0 Å². The number of hydrogen-bond donors (Lipinski definition) is 3. The van der Waals surface area contributed by atoms with Crippen molar-refractivity contribution in [2.24, 2.45) is 5.41 Å². The number of amides is 3. The molecule has 10 heteroatoms. The molecule has 1 spiro atoms. The number of benzene rings is 1. The topological polar surface area (TPSA) is 116 Å². The zero-order valence-electron chi connectivity index (χ0n) is 19.4. The smallest absolute Gasteiger partial charge is 0.272 e. The Morgan fingerprint density at radius 3 is 2.76 bits per heavy atom. The van der Waals surface area contributed by atoms with Crippen LogP contribution in [0, 0.1) is 5.41 Å². The molecule has 1 aromatic heterocycles. The van der Waals surface area contributed by atoms with Crippen LogP contribution in [0.15, 0.2) is 30.6 Å². The highest BCUT2D eigenvalue weighted by Gasteiger charge is 2.48. The van der Waals surface area contributed by atoms with E-state index in [4.69, 9.17) is 16.3 Å². The van der Waals surface area contributed by atoms with Gasteiger partial charge in [0, 0.05) is 36.4 Å². The molecule has 0 radical (unpaired) electrons. The van der Waals surface area contributed by atoms with Crippen LogP contribution in [0.5, 0.6) is 0 Å². The number of rotatable bonds is 7. The fourth-order valence-corrected chi connectivity index (χ4v) is 5.15. The van der Waals surface area contributed by atoms with Gasteiger partial charge >= 0.3 is 0 Å². The first kappa shape index (κ1) is 24.2. The number of carbonyl (C=O) groups excluding carboxylic acids is 3. The van der Waals surface area contributed by atoms with Crippen molar-refractivity contribution in [2.75, 3.05) is 25.2 Å². The Hall–Kier alpha value is -2.91. The average Bonchev–Trinajstić information content (AvgIpc) is 3.42. The van der Waals surface area contributed by atoms with Crippen LogP contribution < -0.4 is 15.5 Å². The molecule has 1 aliphatic heterocycles. The fourth-order valence-electron chi connectivity index (χ4n) is 4.97. The molecular formula is C24H30ClN5O4. The number of nitrogens with zero attached hydrogens (tertiary/aromatic N) is 2. The summed E-state index contributed by atoms with van der Waals surface area (Å²) in [7, 11) is 1.55. The van der Waals surface area contributed by atoms with E-state index in [0.29, 0.717) is 43.9 Å². The molecule has 9 nitrogen and oxygen atoms in total. The van der Waals surface area contributed by atoms with Gasteiger partial charge in [0.25, 0.3) is 11.8 Å². The van der Waals surface area contributed by atoms with Crippen LogP contribution in [0.3, 0.4) is 0 Å². The normalized spacial score (nSPS) is 23.2. The first-order valence-corrected chi connectivity index (χ1v) is 11.9. The van der Waals surface area contributed by atoms with Gasteiger partial charge in [-0.1, -0.05) is 17.7 Å². The summed E-state index contributed by atoms with van der Waals surface area (Å²) < 4.78 is 5.03. The fraction of sp³-hybridized carbons (Fsp3) is 0.500. The number of imidazole rings is 1. The summed E-state index contributed by atoms with van der Waals surface area (Å²) in [6, 6.07) is 7.09.